The molecule has 5 nitrogen and oxygen atoms in total. The third kappa shape index (κ3) is 4.06. The van der Waals surface area contributed by atoms with Gasteiger partial charge >= 0.3 is 0 Å². The van der Waals surface area contributed by atoms with Crippen molar-refractivity contribution < 1.29 is 4.74 Å². The average Bonchev–Trinajstić information content (AvgIpc) is 2.92. The van der Waals surface area contributed by atoms with Gasteiger partial charge in [0.1, 0.15) is 11.6 Å². The molecule has 0 unspecified atom stereocenters. The third-order valence-corrected chi connectivity index (χ3v) is 7.31. The van der Waals surface area contributed by atoms with Crippen molar-refractivity contribution in [1.82, 2.24) is 15.0 Å². The van der Waals surface area contributed by atoms with E-state index in [4.69, 9.17) is 31.3 Å². The zero-order valence-corrected chi connectivity index (χ0v) is 21.5. The minimum atomic E-state index is 0.664. The molecular formula is C29H23ClN4OS. The highest BCUT2D eigenvalue weighted by Gasteiger charge is 2.26. The minimum absolute atomic E-state index is 0.664. The number of methoxy groups -OCH3 is 1. The molecule has 7 heteroatoms. The Balaban J connectivity index is 1.66. The van der Waals surface area contributed by atoms with Crippen LogP contribution in [0.25, 0.3) is 33.4 Å². The predicted octanol–water partition coefficient (Wildman–Crippen LogP) is 7.58. The summed E-state index contributed by atoms with van der Waals surface area (Å²) in [6.07, 6.45) is 3.83. The number of pyridine rings is 1. The minimum Gasteiger partial charge on any atom is -0.497 e. The topological polar surface area (TPSA) is 59.9 Å². The summed E-state index contributed by atoms with van der Waals surface area (Å²) in [6, 6.07) is 24.3. The Hall–Kier alpha value is -3.61. The fourth-order valence-electron chi connectivity index (χ4n) is 4.81. The molecule has 5 aromatic rings. The van der Waals surface area contributed by atoms with Crippen LogP contribution >= 0.6 is 23.4 Å². The van der Waals surface area contributed by atoms with E-state index in [0.717, 1.165) is 52.3 Å². The zero-order chi connectivity index (χ0) is 24.6. The van der Waals surface area contributed by atoms with E-state index in [1.165, 1.54) is 28.5 Å². The quantitative estimate of drug-likeness (QED) is 0.194. The molecule has 0 radical (unpaired) electrons. The Morgan fingerprint density at radius 2 is 1.67 bits per heavy atom. The summed E-state index contributed by atoms with van der Waals surface area (Å²) in [4.78, 5) is 14.9. The first kappa shape index (κ1) is 22.8. The fourth-order valence-corrected chi connectivity index (χ4v) is 5.29. The van der Waals surface area contributed by atoms with Crippen LogP contribution < -0.4 is 10.1 Å². The van der Waals surface area contributed by atoms with E-state index in [9.17, 15) is 0 Å². The number of hydrogen-bond acceptors (Lipinski definition) is 6. The van der Waals surface area contributed by atoms with E-state index in [-0.39, 0.29) is 0 Å². The molecule has 0 aliphatic heterocycles. The number of thioether (sulfide) groups is 1. The molecule has 0 fully saturated rings. The van der Waals surface area contributed by atoms with Crippen molar-refractivity contribution in [1.29, 1.82) is 0 Å². The highest BCUT2D eigenvalue weighted by Crippen LogP contribution is 2.44. The summed E-state index contributed by atoms with van der Waals surface area (Å²) >= 11 is 7.77. The Bertz CT molecular complexity index is 1590. The molecule has 2 heterocycles. The van der Waals surface area contributed by atoms with Crippen LogP contribution in [0.1, 0.15) is 11.1 Å². The summed E-state index contributed by atoms with van der Waals surface area (Å²) < 4.78 is 5.33. The molecule has 6 rings (SSSR count). The second-order valence-corrected chi connectivity index (χ2v) is 9.80. The summed E-state index contributed by atoms with van der Waals surface area (Å²) in [5, 5.41) is 5.81. The molecule has 1 N–H and O–H groups in total. The molecule has 0 saturated carbocycles. The monoisotopic (exact) mass is 510 g/mol. The van der Waals surface area contributed by atoms with Gasteiger partial charge in [-0.05, 0) is 72.2 Å². The van der Waals surface area contributed by atoms with Crippen molar-refractivity contribution in [3.63, 3.8) is 0 Å². The van der Waals surface area contributed by atoms with Gasteiger partial charge in [-0.3, -0.25) is 0 Å². The van der Waals surface area contributed by atoms with E-state index in [1.54, 1.807) is 7.11 Å². The van der Waals surface area contributed by atoms with E-state index in [0.29, 0.717) is 15.8 Å². The van der Waals surface area contributed by atoms with Crippen molar-refractivity contribution in [2.75, 3.05) is 18.7 Å². The first-order valence-corrected chi connectivity index (χ1v) is 13.3. The molecular weight excluding hydrogens is 488 g/mol. The van der Waals surface area contributed by atoms with Gasteiger partial charge in [0.05, 0.1) is 18.2 Å². The summed E-state index contributed by atoms with van der Waals surface area (Å²) in [5.41, 5.74) is 8.45. The Morgan fingerprint density at radius 3 is 2.42 bits per heavy atom. The number of ether oxygens (including phenoxy) is 1. The van der Waals surface area contributed by atoms with Crippen LogP contribution in [0.15, 0.2) is 78.0 Å². The van der Waals surface area contributed by atoms with Crippen LogP contribution in [0, 0.1) is 0 Å². The number of nitrogens with one attached hydrogen (secondary N) is 1. The van der Waals surface area contributed by atoms with Gasteiger partial charge in [-0.1, -0.05) is 59.8 Å². The molecule has 2 aromatic heterocycles. The molecule has 0 amide bonds. The number of fused-ring (bicyclic) bond motifs is 4. The molecule has 1 aliphatic carbocycles. The summed E-state index contributed by atoms with van der Waals surface area (Å²) in [5.74, 6) is 1.53. The van der Waals surface area contributed by atoms with Crippen LogP contribution in [0.4, 0.5) is 11.5 Å². The van der Waals surface area contributed by atoms with E-state index in [1.807, 2.05) is 42.7 Å². The van der Waals surface area contributed by atoms with Gasteiger partial charge in [-0.2, -0.15) is 0 Å². The lowest BCUT2D eigenvalue weighted by Crippen LogP contribution is -2.10. The van der Waals surface area contributed by atoms with Crippen LogP contribution in [0.5, 0.6) is 5.75 Å². The average molecular weight is 511 g/mol. The number of aromatic nitrogens is 3. The lowest BCUT2D eigenvalue weighted by molar-refractivity contribution is 0.415. The normalized spacial score (nSPS) is 12.2. The standard InChI is InChI=1S/C29H23ClN4OS/c1-35-21-14-12-20(13-15-21)31-27-25-24(18-7-10-19(30)11-8-18)23-16-9-17-5-3-4-6-22(17)26(23)32-28(25)34-29(33-27)36-2/h3-8,10-15H,9,16H2,1-2H3,(H,31,32,33,34). The Kier molecular flexibility index (Phi) is 5.99. The van der Waals surface area contributed by atoms with Gasteiger partial charge in [0.25, 0.3) is 0 Å². The number of halogens is 1. The maximum absolute atomic E-state index is 6.27. The van der Waals surface area contributed by atoms with Crippen LogP contribution in [0.3, 0.4) is 0 Å². The second kappa shape index (κ2) is 9.45. The lowest BCUT2D eigenvalue weighted by Gasteiger charge is -2.24. The summed E-state index contributed by atoms with van der Waals surface area (Å²) in [6.45, 7) is 0. The number of anilines is 2. The molecule has 178 valence electrons. The molecule has 0 saturated heterocycles. The molecule has 3 aromatic carbocycles. The van der Waals surface area contributed by atoms with Crippen molar-refractivity contribution in [2.24, 2.45) is 0 Å². The predicted molar refractivity (Wildman–Crippen MR) is 149 cm³/mol. The van der Waals surface area contributed by atoms with E-state index in [2.05, 4.69) is 41.7 Å². The molecule has 0 spiro atoms. The molecule has 36 heavy (non-hydrogen) atoms. The number of aryl methyl sites for hydroxylation is 1. The SMILES string of the molecule is COc1ccc(Nc2nc(SC)nc3nc4c(c(-c5ccc(Cl)cc5)c23)CCc2ccccc2-4)cc1. The maximum atomic E-state index is 6.27. The van der Waals surface area contributed by atoms with E-state index < -0.39 is 0 Å². The highest BCUT2D eigenvalue weighted by atomic mass is 35.5. The number of hydrogen-bond donors (Lipinski definition) is 1. The van der Waals surface area contributed by atoms with Crippen LogP contribution in [-0.4, -0.2) is 28.3 Å². The smallest absolute Gasteiger partial charge is 0.191 e. The molecule has 0 atom stereocenters. The van der Waals surface area contributed by atoms with Crippen molar-refractivity contribution in [2.45, 2.75) is 18.0 Å². The summed E-state index contributed by atoms with van der Waals surface area (Å²) in [7, 11) is 1.66. The number of rotatable bonds is 5. The van der Waals surface area contributed by atoms with Gasteiger partial charge in [-0.25, -0.2) is 15.0 Å². The second-order valence-electron chi connectivity index (χ2n) is 8.59. The number of benzene rings is 3. The zero-order valence-electron chi connectivity index (χ0n) is 19.9. The first-order chi connectivity index (χ1) is 17.6. The third-order valence-electron chi connectivity index (χ3n) is 6.51. The molecule has 1 aliphatic rings. The first-order valence-electron chi connectivity index (χ1n) is 11.7. The Labute approximate surface area is 218 Å². The fraction of sp³-hybridized carbons (Fsp3) is 0.138. The maximum Gasteiger partial charge on any atom is 0.191 e. The number of nitrogens with zero attached hydrogens (tertiary/aromatic N) is 3. The largest absolute Gasteiger partial charge is 0.497 e. The van der Waals surface area contributed by atoms with Crippen LogP contribution in [-0.2, 0) is 12.8 Å². The van der Waals surface area contributed by atoms with Gasteiger partial charge in [0.15, 0.2) is 10.8 Å². The highest BCUT2D eigenvalue weighted by molar-refractivity contribution is 7.98. The van der Waals surface area contributed by atoms with Gasteiger partial charge in [-0.15, -0.1) is 0 Å². The van der Waals surface area contributed by atoms with Crippen molar-refractivity contribution in [3.8, 4) is 28.1 Å². The van der Waals surface area contributed by atoms with E-state index >= 15 is 0 Å². The van der Waals surface area contributed by atoms with Gasteiger partial charge in [0, 0.05) is 21.8 Å². The Morgan fingerprint density at radius 1 is 0.889 bits per heavy atom. The lowest BCUT2D eigenvalue weighted by atomic mass is 9.84. The van der Waals surface area contributed by atoms with Crippen LogP contribution in [0.2, 0.25) is 5.02 Å². The van der Waals surface area contributed by atoms with Gasteiger partial charge < -0.3 is 10.1 Å². The van der Waals surface area contributed by atoms with Crippen molar-refractivity contribution in [3.05, 3.63) is 88.9 Å². The molecule has 0 bridgehead atoms. The van der Waals surface area contributed by atoms with Gasteiger partial charge in [0.2, 0.25) is 0 Å². The van der Waals surface area contributed by atoms with Crippen molar-refractivity contribution >= 4 is 45.9 Å².